The highest BCUT2D eigenvalue weighted by atomic mass is 16.5. The summed E-state index contributed by atoms with van der Waals surface area (Å²) in [5, 5.41) is 2.84. The maximum atomic E-state index is 11.7. The van der Waals surface area contributed by atoms with Crippen molar-refractivity contribution in [1.82, 2.24) is 10.3 Å². The Kier molecular flexibility index (Phi) is 3.45. The number of benzene rings is 1. The van der Waals surface area contributed by atoms with Gasteiger partial charge in [-0.2, -0.15) is 0 Å². The van der Waals surface area contributed by atoms with E-state index in [0.717, 1.165) is 11.3 Å². The molecule has 4 heteroatoms. The van der Waals surface area contributed by atoms with Gasteiger partial charge in [0, 0.05) is 24.5 Å². The van der Waals surface area contributed by atoms with Crippen molar-refractivity contribution in [2.45, 2.75) is 6.54 Å². The highest BCUT2D eigenvalue weighted by molar-refractivity contribution is 5.93. The predicted octanol–water partition coefficient (Wildman–Crippen LogP) is 1.95. The van der Waals surface area contributed by atoms with E-state index in [2.05, 4.69) is 10.3 Å². The maximum absolute atomic E-state index is 11.7. The van der Waals surface area contributed by atoms with Crippen LogP contribution in [0.25, 0.3) is 0 Å². The lowest BCUT2D eigenvalue weighted by molar-refractivity contribution is 0.0951. The van der Waals surface area contributed by atoms with Crippen LogP contribution in [0.2, 0.25) is 0 Å². The third-order valence-corrected chi connectivity index (χ3v) is 2.49. The van der Waals surface area contributed by atoms with E-state index < -0.39 is 0 Å². The molecule has 2 aromatic rings. The topological polar surface area (TPSA) is 54.1 Å². The van der Waals surface area contributed by atoms with Crippen molar-refractivity contribution >= 4 is 5.91 Å². The molecular formula is C13H14N2O2. The first-order valence-corrected chi connectivity index (χ1v) is 5.34. The van der Waals surface area contributed by atoms with Gasteiger partial charge in [0.2, 0.25) is 0 Å². The molecule has 0 spiro atoms. The highest BCUT2D eigenvalue weighted by Gasteiger charge is 2.07. The first-order valence-electron chi connectivity index (χ1n) is 5.34. The molecule has 1 heterocycles. The van der Waals surface area contributed by atoms with Gasteiger partial charge in [-0.3, -0.25) is 4.79 Å². The van der Waals surface area contributed by atoms with Crippen LogP contribution in [-0.2, 0) is 6.54 Å². The second kappa shape index (κ2) is 5.21. The maximum Gasteiger partial charge on any atom is 0.253 e. The molecule has 4 nitrogen and oxygen atoms in total. The van der Waals surface area contributed by atoms with Crippen molar-refractivity contribution in [3.8, 4) is 5.75 Å². The van der Waals surface area contributed by atoms with Crippen LogP contribution in [-0.4, -0.2) is 18.0 Å². The van der Waals surface area contributed by atoms with E-state index in [1.165, 1.54) is 0 Å². The molecule has 1 aromatic heterocycles. The number of carbonyl (C=O) groups excluding carboxylic acids is 1. The molecule has 17 heavy (non-hydrogen) atoms. The van der Waals surface area contributed by atoms with Gasteiger partial charge >= 0.3 is 0 Å². The number of rotatable bonds is 4. The van der Waals surface area contributed by atoms with Gasteiger partial charge in [0.1, 0.15) is 5.75 Å². The van der Waals surface area contributed by atoms with E-state index in [1.54, 1.807) is 25.6 Å². The molecule has 0 atom stereocenters. The van der Waals surface area contributed by atoms with Gasteiger partial charge in [0.25, 0.3) is 5.91 Å². The van der Waals surface area contributed by atoms with E-state index in [1.807, 2.05) is 24.3 Å². The second-order valence-corrected chi connectivity index (χ2v) is 3.59. The molecular weight excluding hydrogens is 216 g/mol. The van der Waals surface area contributed by atoms with Gasteiger partial charge in [-0.05, 0) is 12.1 Å². The van der Waals surface area contributed by atoms with Gasteiger partial charge < -0.3 is 15.0 Å². The third kappa shape index (κ3) is 2.66. The molecule has 2 N–H and O–H groups in total. The first kappa shape index (κ1) is 11.3. The van der Waals surface area contributed by atoms with Crippen LogP contribution in [0.1, 0.15) is 15.9 Å². The average Bonchev–Trinajstić information content (AvgIpc) is 2.90. The standard InChI is InChI=1S/C13H14N2O2/c1-17-12-5-3-2-4-10(12)9-15-13(16)11-6-7-14-8-11/h2-8,14H,9H2,1H3,(H,15,16). The molecule has 0 aliphatic heterocycles. The number of aromatic amines is 1. The lowest BCUT2D eigenvalue weighted by atomic mass is 10.2. The molecule has 0 bridgehead atoms. The van der Waals surface area contributed by atoms with Gasteiger partial charge in [-0.25, -0.2) is 0 Å². The smallest absolute Gasteiger partial charge is 0.253 e. The number of hydrogen-bond donors (Lipinski definition) is 2. The van der Waals surface area contributed by atoms with E-state index in [9.17, 15) is 4.79 Å². The SMILES string of the molecule is COc1ccccc1CNC(=O)c1cc[nH]c1. The van der Waals surface area contributed by atoms with Crippen LogP contribution in [0.15, 0.2) is 42.7 Å². The van der Waals surface area contributed by atoms with Crippen molar-refractivity contribution in [2.75, 3.05) is 7.11 Å². The molecule has 0 saturated heterocycles. The summed E-state index contributed by atoms with van der Waals surface area (Å²) in [7, 11) is 1.62. The lowest BCUT2D eigenvalue weighted by Crippen LogP contribution is -2.22. The first-order chi connectivity index (χ1) is 8.31. The van der Waals surface area contributed by atoms with Crippen LogP contribution in [0.5, 0.6) is 5.75 Å². The Bertz CT molecular complexity index is 492. The quantitative estimate of drug-likeness (QED) is 0.843. The summed E-state index contributed by atoms with van der Waals surface area (Å²) in [6.45, 7) is 0.452. The normalized spacial score (nSPS) is 9.94. The predicted molar refractivity (Wildman–Crippen MR) is 65.0 cm³/mol. The fraction of sp³-hybridized carbons (Fsp3) is 0.154. The fourth-order valence-electron chi connectivity index (χ4n) is 1.59. The number of hydrogen-bond acceptors (Lipinski definition) is 2. The number of H-pyrrole nitrogens is 1. The van der Waals surface area contributed by atoms with Crippen molar-refractivity contribution < 1.29 is 9.53 Å². The summed E-state index contributed by atoms with van der Waals surface area (Å²) < 4.78 is 5.21. The average molecular weight is 230 g/mol. The summed E-state index contributed by atoms with van der Waals surface area (Å²) in [5.41, 5.74) is 1.58. The number of carbonyl (C=O) groups is 1. The van der Waals surface area contributed by atoms with E-state index in [4.69, 9.17) is 4.74 Å². The Labute approximate surface area is 99.6 Å². The lowest BCUT2D eigenvalue weighted by Gasteiger charge is -2.08. The Morgan fingerprint density at radius 1 is 1.35 bits per heavy atom. The minimum atomic E-state index is -0.0999. The third-order valence-electron chi connectivity index (χ3n) is 2.49. The Morgan fingerprint density at radius 2 is 2.18 bits per heavy atom. The molecule has 0 radical (unpaired) electrons. The zero-order valence-electron chi connectivity index (χ0n) is 9.57. The summed E-state index contributed by atoms with van der Waals surface area (Å²) in [6, 6.07) is 9.35. The van der Waals surface area contributed by atoms with Gasteiger partial charge in [-0.1, -0.05) is 18.2 Å². The Hall–Kier alpha value is -2.23. The largest absolute Gasteiger partial charge is 0.496 e. The molecule has 0 saturated carbocycles. The monoisotopic (exact) mass is 230 g/mol. The molecule has 0 aliphatic rings. The summed E-state index contributed by atoms with van der Waals surface area (Å²) >= 11 is 0. The van der Waals surface area contributed by atoms with E-state index in [0.29, 0.717) is 12.1 Å². The molecule has 1 amide bonds. The zero-order chi connectivity index (χ0) is 12.1. The van der Waals surface area contributed by atoms with Crippen LogP contribution in [0.4, 0.5) is 0 Å². The molecule has 0 aliphatic carbocycles. The molecule has 1 aromatic carbocycles. The summed E-state index contributed by atoms with van der Waals surface area (Å²) in [4.78, 5) is 14.6. The number of aromatic nitrogens is 1. The van der Waals surface area contributed by atoms with Crippen LogP contribution in [0, 0.1) is 0 Å². The van der Waals surface area contributed by atoms with Crippen molar-refractivity contribution in [3.63, 3.8) is 0 Å². The van der Waals surface area contributed by atoms with Crippen molar-refractivity contribution in [1.29, 1.82) is 0 Å². The molecule has 0 unspecified atom stereocenters. The van der Waals surface area contributed by atoms with Crippen LogP contribution < -0.4 is 10.1 Å². The van der Waals surface area contributed by atoms with Crippen molar-refractivity contribution in [2.24, 2.45) is 0 Å². The fourth-order valence-corrected chi connectivity index (χ4v) is 1.59. The van der Waals surface area contributed by atoms with Gasteiger partial charge in [-0.15, -0.1) is 0 Å². The number of methoxy groups -OCH3 is 1. The van der Waals surface area contributed by atoms with E-state index >= 15 is 0 Å². The summed E-state index contributed by atoms with van der Waals surface area (Å²) in [6.07, 6.45) is 3.38. The number of para-hydroxylation sites is 1. The molecule has 0 fully saturated rings. The van der Waals surface area contributed by atoms with Crippen LogP contribution in [0.3, 0.4) is 0 Å². The Morgan fingerprint density at radius 3 is 2.88 bits per heavy atom. The molecule has 2 rings (SSSR count). The van der Waals surface area contributed by atoms with Crippen molar-refractivity contribution in [3.05, 3.63) is 53.9 Å². The number of amides is 1. The van der Waals surface area contributed by atoms with E-state index in [-0.39, 0.29) is 5.91 Å². The number of nitrogens with one attached hydrogen (secondary N) is 2. The van der Waals surface area contributed by atoms with Gasteiger partial charge in [0.05, 0.1) is 12.7 Å². The highest BCUT2D eigenvalue weighted by Crippen LogP contribution is 2.16. The second-order valence-electron chi connectivity index (χ2n) is 3.59. The molecule has 88 valence electrons. The Balaban J connectivity index is 2.00. The zero-order valence-corrected chi connectivity index (χ0v) is 9.57. The van der Waals surface area contributed by atoms with Gasteiger partial charge in [0.15, 0.2) is 0 Å². The summed E-state index contributed by atoms with van der Waals surface area (Å²) in [5.74, 6) is 0.680. The number of ether oxygens (including phenoxy) is 1. The van der Waals surface area contributed by atoms with Crippen LogP contribution >= 0.6 is 0 Å². The minimum absolute atomic E-state index is 0.0999. The minimum Gasteiger partial charge on any atom is -0.496 e.